The van der Waals surface area contributed by atoms with E-state index in [-0.39, 0.29) is 11.9 Å². The lowest BCUT2D eigenvalue weighted by molar-refractivity contribution is 0.0934. The third-order valence-corrected chi connectivity index (χ3v) is 3.22. The molecule has 2 N–H and O–H groups in total. The molecular formula is C16H20N2O2. The van der Waals surface area contributed by atoms with Gasteiger partial charge in [0.2, 0.25) is 0 Å². The first-order chi connectivity index (χ1) is 9.72. The number of hydrogen-bond acceptors (Lipinski definition) is 3. The van der Waals surface area contributed by atoms with Crippen molar-refractivity contribution in [3.63, 3.8) is 0 Å². The molecule has 0 fully saturated rings. The second-order valence-electron chi connectivity index (χ2n) is 4.72. The lowest BCUT2D eigenvalue weighted by Gasteiger charge is -2.14. The molecule has 1 heterocycles. The van der Waals surface area contributed by atoms with Crippen molar-refractivity contribution < 1.29 is 9.21 Å². The maximum atomic E-state index is 12.4. The number of hydrogen-bond donors (Lipinski definition) is 2. The van der Waals surface area contributed by atoms with E-state index in [0.717, 1.165) is 29.9 Å². The molecule has 0 aliphatic rings. The van der Waals surface area contributed by atoms with Crippen LogP contribution in [-0.2, 0) is 6.42 Å². The van der Waals surface area contributed by atoms with Gasteiger partial charge in [-0.3, -0.25) is 4.79 Å². The standard InChI is InChI=1S/C16H20N2O2/c1-12(15-8-5-11-20-15)18-16(19)14-7-4-3-6-13(14)9-10-17-2/h3-8,11-12,17H,9-10H2,1-2H3,(H,18,19)/t12-/m1/s1. The molecule has 0 aliphatic carbocycles. The van der Waals surface area contributed by atoms with E-state index in [1.807, 2.05) is 50.4 Å². The minimum absolute atomic E-state index is 0.0689. The normalized spacial score (nSPS) is 12.1. The first-order valence-corrected chi connectivity index (χ1v) is 6.79. The van der Waals surface area contributed by atoms with Crippen molar-refractivity contribution in [1.29, 1.82) is 0 Å². The molecule has 0 saturated carbocycles. The molecule has 4 heteroatoms. The lowest BCUT2D eigenvalue weighted by atomic mass is 10.0. The lowest BCUT2D eigenvalue weighted by Crippen LogP contribution is -2.27. The number of carbonyl (C=O) groups excluding carboxylic acids is 1. The van der Waals surface area contributed by atoms with Gasteiger partial charge in [0.1, 0.15) is 5.76 Å². The second kappa shape index (κ2) is 6.91. The fourth-order valence-corrected chi connectivity index (χ4v) is 2.10. The van der Waals surface area contributed by atoms with Gasteiger partial charge in [0.05, 0.1) is 12.3 Å². The van der Waals surface area contributed by atoms with Crippen LogP contribution in [0.15, 0.2) is 47.1 Å². The number of rotatable bonds is 6. The first kappa shape index (κ1) is 14.3. The number of carbonyl (C=O) groups is 1. The molecule has 1 aromatic heterocycles. The van der Waals surface area contributed by atoms with Crippen LogP contribution in [0, 0.1) is 0 Å². The quantitative estimate of drug-likeness (QED) is 0.849. The molecule has 1 atom stereocenters. The zero-order chi connectivity index (χ0) is 14.4. The van der Waals surface area contributed by atoms with Gasteiger partial charge in [-0.05, 0) is 50.7 Å². The maximum absolute atomic E-state index is 12.4. The van der Waals surface area contributed by atoms with Gasteiger partial charge < -0.3 is 15.1 Å². The first-order valence-electron chi connectivity index (χ1n) is 6.79. The molecule has 4 nitrogen and oxygen atoms in total. The molecule has 0 unspecified atom stereocenters. The summed E-state index contributed by atoms with van der Waals surface area (Å²) in [4.78, 5) is 12.4. The molecule has 0 aliphatic heterocycles. The van der Waals surface area contributed by atoms with Crippen molar-refractivity contribution in [2.75, 3.05) is 13.6 Å². The fraction of sp³-hybridized carbons (Fsp3) is 0.312. The summed E-state index contributed by atoms with van der Waals surface area (Å²) in [6.07, 6.45) is 2.44. The zero-order valence-electron chi connectivity index (χ0n) is 11.8. The highest BCUT2D eigenvalue weighted by molar-refractivity contribution is 5.95. The molecule has 1 amide bonds. The van der Waals surface area contributed by atoms with Gasteiger partial charge in [-0.25, -0.2) is 0 Å². The van der Waals surface area contributed by atoms with E-state index in [0.29, 0.717) is 0 Å². The largest absolute Gasteiger partial charge is 0.467 e. The minimum Gasteiger partial charge on any atom is -0.467 e. The summed E-state index contributed by atoms with van der Waals surface area (Å²) in [5.41, 5.74) is 1.77. The smallest absolute Gasteiger partial charge is 0.252 e. The van der Waals surface area contributed by atoms with E-state index >= 15 is 0 Å². The summed E-state index contributed by atoms with van der Waals surface area (Å²) in [5.74, 6) is 0.687. The van der Waals surface area contributed by atoms with Crippen LogP contribution in [0.3, 0.4) is 0 Å². The Hall–Kier alpha value is -2.07. The molecule has 2 aromatic rings. The van der Waals surface area contributed by atoms with E-state index < -0.39 is 0 Å². The minimum atomic E-state index is -0.144. The molecule has 0 radical (unpaired) electrons. The monoisotopic (exact) mass is 272 g/mol. The molecule has 1 aromatic carbocycles. The zero-order valence-corrected chi connectivity index (χ0v) is 11.8. The van der Waals surface area contributed by atoms with E-state index in [1.54, 1.807) is 6.26 Å². The van der Waals surface area contributed by atoms with Crippen LogP contribution < -0.4 is 10.6 Å². The van der Waals surface area contributed by atoms with Gasteiger partial charge in [-0.1, -0.05) is 18.2 Å². The van der Waals surface area contributed by atoms with Crippen LogP contribution in [0.5, 0.6) is 0 Å². The van der Waals surface area contributed by atoms with Crippen LogP contribution in [0.1, 0.15) is 34.6 Å². The van der Waals surface area contributed by atoms with Crippen LogP contribution in [0.25, 0.3) is 0 Å². The van der Waals surface area contributed by atoms with Crippen LogP contribution in [-0.4, -0.2) is 19.5 Å². The molecule has 106 valence electrons. The highest BCUT2D eigenvalue weighted by atomic mass is 16.3. The number of likely N-dealkylation sites (N-methyl/N-ethyl adjacent to an activating group) is 1. The Bertz CT molecular complexity index is 549. The van der Waals surface area contributed by atoms with E-state index in [9.17, 15) is 4.79 Å². The van der Waals surface area contributed by atoms with Crippen molar-refractivity contribution in [1.82, 2.24) is 10.6 Å². The average molecular weight is 272 g/mol. The van der Waals surface area contributed by atoms with Crippen LogP contribution in [0.4, 0.5) is 0 Å². The highest BCUT2D eigenvalue weighted by Crippen LogP contribution is 2.15. The highest BCUT2D eigenvalue weighted by Gasteiger charge is 2.15. The Labute approximate surface area is 119 Å². The fourth-order valence-electron chi connectivity index (χ4n) is 2.10. The van der Waals surface area contributed by atoms with Gasteiger partial charge in [-0.15, -0.1) is 0 Å². The number of furan rings is 1. The maximum Gasteiger partial charge on any atom is 0.252 e. The van der Waals surface area contributed by atoms with Crippen LogP contribution >= 0.6 is 0 Å². The van der Waals surface area contributed by atoms with E-state index in [2.05, 4.69) is 10.6 Å². The molecule has 20 heavy (non-hydrogen) atoms. The van der Waals surface area contributed by atoms with Crippen molar-refractivity contribution in [3.05, 3.63) is 59.5 Å². The Morgan fingerprint density at radius 3 is 2.75 bits per heavy atom. The summed E-state index contributed by atoms with van der Waals surface area (Å²) in [5, 5.41) is 6.06. The van der Waals surface area contributed by atoms with Gasteiger partial charge in [0, 0.05) is 5.56 Å². The third-order valence-electron chi connectivity index (χ3n) is 3.22. The Morgan fingerprint density at radius 1 is 1.25 bits per heavy atom. The molecule has 0 bridgehead atoms. The summed E-state index contributed by atoms with van der Waals surface area (Å²) >= 11 is 0. The van der Waals surface area contributed by atoms with Gasteiger partial charge >= 0.3 is 0 Å². The second-order valence-corrected chi connectivity index (χ2v) is 4.72. The molecule has 0 saturated heterocycles. The summed E-state index contributed by atoms with van der Waals surface area (Å²) in [7, 11) is 1.90. The van der Waals surface area contributed by atoms with Crippen molar-refractivity contribution >= 4 is 5.91 Å². The SMILES string of the molecule is CNCCc1ccccc1C(=O)N[C@H](C)c1ccco1. The Balaban J connectivity index is 2.09. The average Bonchev–Trinajstić information content (AvgIpc) is 2.99. The third kappa shape index (κ3) is 3.48. The van der Waals surface area contributed by atoms with Gasteiger partial charge in [-0.2, -0.15) is 0 Å². The van der Waals surface area contributed by atoms with Crippen molar-refractivity contribution in [2.45, 2.75) is 19.4 Å². The predicted octanol–water partition coefficient (Wildman–Crippen LogP) is 2.53. The number of benzene rings is 1. The summed E-state index contributed by atoms with van der Waals surface area (Å²) in [6.45, 7) is 2.75. The molecule has 2 rings (SSSR count). The Kier molecular flexibility index (Phi) is 4.96. The van der Waals surface area contributed by atoms with Gasteiger partial charge in [0.15, 0.2) is 0 Å². The topological polar surface area (TPSA) is 54.3 Å². The van der Waals surface area contributed by atoms with Crippen molar-refractivity contribution in [2.24, 2.45) is 0 Å². The summed E-state index contributed by atoms with van der Waals surface area (Å²) in [6, 6.07) is 11.2. The summed E-state index contributed by atoms with van der Waals surface area (Å²) < 4.78 is 5.30. The molecular weight excluding hydrogens is 252 g/mol. The number of amides is 1. The predicted molar refractivity (Wildman–Crippen MR) is 78.7 cm³/mol. The molecule has 0 spiro atoms. The van der Waals surface area contributed by atoms with E-state index in [1.165, 1.54) is 0 Å². The van der Waals surface area contributed by atoms with Crippen molar-refractivity contribution in [3.8, 4) is 0 Å². The Morgan fingerprint density at radius 2 is 2.05 bits per heavy atom. The number of nitrogens with one attached hydrogen (secondary N) is 2. The van der Waals surface area contributed by atoms with Gasteiger partial charge in [0.25, 0.3) is 5.91 Å². The van der Waals surface area contributed by atoms with Crippen LogP contribution in [0.2, 0.25) is 0 Å². The van der Waals surface area contributed by atoms with E-state index in [4.69, 9.17) is 4.42 Å².